The van der Waals surface area contributed by atoms with Gasteiger partial charge in [-0.05, 0) is 18.2 Å². The van der Waals surface area contributed by atoms with Gasteiger partial charge in [0.2, 0.25) is 11.7 Å². The lowest BCUT2D eigenvalue weighted by molar-refractivity contribution is -0.118. The number of imidazole rings is 2. The number of benzene rings is 2. The smallest absolute Gasteiger partial charge is 0.332 e. The number of halogens is 1. The zero-order chi connectivity index (χ0) is 24.1. The highest BCUT2D eigenvalue weighted by Gasteiger charge is 2.24. The Morgan fingerprint density at radius 1 is 1.15 bits per heavy atom. The Hall–Kier alpha value is -4.31. The fourth-order valence-corrected chi connectivity index (χ4v) is 4.25. The van der Waals surface area contributed by atoms with E-state index in [9.17, 15) is 14.4 Å². The highest BCUT2D eigenvalue weighted by atomic mass is 35.5. The first kappa shape index (κ1) is 21.5. The van der Waals surface area contributed by atoms with E-state index in [0.717, 1.165) is 10.1 Å². The number of rotatable bonds is 5. The number of nitrogens with two attached hydrogens (primary N) is 1. The maximum absolute atomic E-state index is 13.3. The summed E-state index contributed by atoms with van der Waals surface area (Å²) < 4.78 is 11.0. The highest BCUT2D eigenvalue weighted by Crippen LogP contribution is 2.34. The quantitative estimate of drug-likeness (QED) is 0.414. The molecule has 3 aromatic heterocycles. The summed E-state index contributed by atoms with van der Waals surface area (Å²) in [7, 11) is 3.03. The Morgan fingerprint density at radius 3 is 2.56 bits per heavy atom. The van der Waals surface area contributed by atoms with Gasteiger partial charge < -0.3 is 10.5 Å². The molecule has 0 saturated carbocycles. The lowest BCUT2D eigenvalue weighted by Crippen LogP contribution is -2.42. The second-order valence-electron chi connectivity index (χ2n) is 7.69. The molecule has 0 saturated heterocycles. The maximum Gasteiger partial charge on any atom is 0.332 e. The van der Waals surface area contributed by atoms with Crippen LogP contribution in [0.3, 0.4) is 0 Å². The van der Waals surface area contributed by atoms with Gasteiger partial charge in [0.1, 0.15) is 12.3 Å². The van der Waals surface area contributed by atoms with E-state index >= 15 is 0 Å². The molecule has 0 atom stereocenters. The molecule has 0 aliphatic rings. The minimum absolute atomic E-state index is 0.135. The number of carbonyl (C=O) groups is 1. The average Bonchev–Trinajstić information content (AvgIpc) is 3.37. The number of ether oxygens (including phenoxy) is 1. The molecule has 10 nitrogen and oxygen atoms in total. The summed E-state index contributed by atoms with van der Waals surface area (Å²) in [6.45, 7) is -0.539. The van der Waals surface area contributed by atoms with Crippen LogP contribution in [-0.2, 0) is 18.4 Å². The molecule has 2 N–H and O–H groups in total. The maximum atomic E-state index is 13.3. The zero-order valence-electron chi connectivity index (χ0n) is 18.2. The van der Waals surface area contributed by atoms with Crippen molar-refractivity contribution >= 4 is 34.4 Å². The normalized spacial score (nSPS) is 11.4. The molecule has 0 unspecified atom stereocenters. The van der Waals surface area contributed by atoms with Crippen molar-refractivity contribution in [3.63, 3.8) is 0 Å². The number of nitrogens with zero attached hydrogens (tertiary/aromatic N) is 5. The van der Waals surface area contributed by atoms with Crippen LogP contribution in [0.1, 0.15) is 0 Å². The molecule has 5 rings (SSSR count). The van der Waals surface area contributed by atoms with Crippen molar-refractivity contribution in [2.75, 3.05) is 7.11 Å². The lowest BCUT2D eigenvalue weighted by atomic mass is 10.1. The van der Waals surface area contributed by atoms with Gasteiger partial charge >= 0.3 is 5.69 Å². The Labute approximate surface area is 197 Å². The zero-order valence-corrected chi connectivity index (χ0v) is 19.0. The molecule has 5 aromatic rings. The van der Waals surface area contributed by atoms with E-state index in [1.807, 2.05) is 34.9 Å². The second kappa shape index (κ2) is 7.92. The predicted molar refractivity (Wildman–Crippen MR) is 128 cm³/mol. The third kappa shape index (κ3) is 3.19. The molecule has 34 heavy (non-hydrogen) atoms. The number of hydrogen-bond acceptors (Lipinski definition) is 5. The first-order valence-electron chi connectivity index (χ1n) is 10.2. The van der Waals surface area contributed by atoms with Crippen LogP contribution in [0.4, 0.5) is 0 Å². The van der Waals surface area contributed by atoms with Crippen LogP contribution in [0.25, 0.3) is 33.9 Å². The fraction of sp³-hybridized carbons (Fsp3) is 0.130. The van der Waals surface area contributed by atoms with Crippen LogP contribution in [0.15, 0.2) is 64.3 Å². The third-order valence-corrected chi connectivity index (χ3v) is 5.85. The third-order valence-electron chi connectivity index (χ3n) is 5.61. The van der Waals surface area contributed by atoms with Gasteiger partial charge in [0, 0.05) is 23.8 Å². The highest BCUT2D eigenvalue weighted by molar-refractivity contribution is 6.30. The molecular formula is C23H19ClN6O4. The molecular weight excluding hydrogens is 460 g/mol. The first-order valence-corrected chi connectivity index (χ1v) is 10.6. The minimum Gasteiger partial charge on any atom is -0.495 e. The number of methoxy groups -OCH3 is 1. The number of primary amides is 1. The largest absolute Gasteiger partial charge is 0.495 e. The Morgan fingerprint density at radius 2 is 1.88 bits per heavy atom. The van der Waals surface area contributed by atoms with Gasteiger partial charge in [0.15, 0.2) is 11.2 Å². The van der Waals surface area contributed by atoms with Gasteiger partial charge in [-0.1, -0.05) is 41.9 Å². The van der Waals surface area contributed by atoms with Crippen molar-refractivity contribution in [3.05, 3.63) is 80.6 Å². The van der Waals surface area contributed by atoms with E-state index in [2.05, 4.69) is 4.98 Å². The Kier molecular flexibility index (Phi) is 5.02. The van der Waals surface area contributed by atoms with Crippen molar-refractivity contribution < 1.29 is 9.53 Å². The van der Waals surface area contributed by atoms with Crippen LogP contribution >= 0.6 is 11.6 Å². The minimum atomic E-state index is -0.800. The van der Waals surface area contributed by atoms with Gasteiger partial charge in [-0.15, -0.1) is 0 Å². The van der Waals surface area contributed by atoms with Crippen molar-refractivity contribution in [2.45, 2.75) is 6.54 Å². The van der Waals surface area contributed by atoms with Crippen molar-refractivity contribution in [2.24, 2.45) is 12.8 Å². The second-order valence-corrected chi connectivity index (χ2v) is 8.12. The molecule has 0 bridgehead atoms. The summed E-state index contributed by atoms with van der Waals surface area (Å²) >= 11 is 6.32. The Balaban J connectivity index is 1.97. The van der Waals surface area contributed by atoms with Crippen LogP contribution < -0.4 is 21.7 Å². The summed E-state index contributed by atoms with van der Waals surface area (Å²) in [5.74, 6) is 0.0932. The predicted octanol–water partition coefficient (Wildman–Crippen LogP) is 1.95. The van der Waals surface area contributed by atoms with Crippen LogP contribution in [0, 0.1) is 0 Å². The van der Waals surface area contributed by atoms with E-state index in [4.69, 9.17) is 22.1 Å². The van der Waals surface area contributed by atoms with Crippen LogP contribution in [0.5, 0.6) is 5.75 Å². The van der Waals surface area contributed by atoms with Crippen molar-refractivity contribution in [1.82, 2.24) is 23.1 Å². The van der Waals surface area contributed by atoms with Gasteiger partial charge in [-0.25, -0.2) is 9.36 Å². The van der Waals surface area contributed by atoms with Gasteiger partial charge in [0.05, 0.1) is 18.5 Å². The molecule has 0 radical (unpaired) electrons. The molecule has 2 aromatic carbocycles. The molecule has 3 heterocycles. The molecule has 0 fully saturated rings. The van der Waals surface area contributed by atoms with Crippen molar-refractivity contribution in [1.29, 1.82) is 0 Å². The van der Waals surface area contributed by atoms with E-state index in [-0.39, 0.29) is 11.2 Å². The van der Waals surface area contributed by atoms with E-state index in [1.54, 1.807) is 35.9 Å². The summed E-state index contributed by atoms with van der Waals surface area (Å²) in [5, 5.41) is 0.481. The Bertz CT molecular complexity index is 1710. The topological polar surface area (TPSA) is 119 Å². The van der Waals surface area contributed by atoms with Gasteiger partial charge in [0.25, 0.3) is 5.56 Å². The number of hydrogen-bond donors (Lipinski definition) is 1. The van der Waals surface area contributed by atoms with E-state index < -0.39 is 23.7 Å². The molecule has 0 spiro atoms. The number of amides is 1. The van der Waals surface area contributed by atoms with E-state index in [1.165, 1.54) is 11.6 Å². The van der Waals surface area contributed by atoms with E-state index in [0.29, 0.717) is 27.9 Å². The van der Waals surface area contributed by atoms with Gasteiger partial charge in [-0.3, -0.25) is 23.1 Å². The summed E-state index contributed by atoms with van der Waals surface area (Å²) in [6, 6.07) is 14.7. The molecule has 11 heteroatoms. The number of aryl methyl sites for hydroxylation is 1. The fourth-order valence-electron chi connectivity index (χ4n) is 4.08. The lowest BCUT2D eigenvalue weighted by Gasteiger charge is -2.13. The first-order chi connectivity index (χ1) is 16.3. The summed E-state index contributed by atoms with van der Waals surface area (Å²) in [5.41, 5.74) is 6.38. The SMILES string of the molecule is COc1ccc(Cl)cc1-n1c(-c2ccccc2)cn2c3c(=O)n(CC(N)=O)c(=O)n(C)c3nc12. The van der Waals surface area contributed by atoms with Crippen LogP contribution in [0.2, 0.25) is 5.02 Å². The van der Waals surface area contributed by atoms with Crippen molar-refractivity contribution in [3.8, 4) is 22.7 Å². The number of fused-ring (bicyclic) bond motifs is 3. The standard InChI is InChI=1S/C23H19ClN6O4/c1-27-20-19(21(32)29(23(27)33)12-18(25)31)28-11-16(13-6-4-3-5-7-13)30(22(28)26-20)15-10-14(24)8-9-17(15)34-2/h3-11H,12H2,1-2H3,(H2,25,31). The number of carbonyl (C=O) groups excluding carboxylic acids is 1. The summed E-state index contributed by atoms with van der Waals surface area (Å²) in [6.07, 6.45) is 1.75. The molecule has 172 valence electrons. The number of aromatic nitrogens is 5. The molecule has 0 aliphatic carbocycles. The molecule has 1 amide bonds. The average molecular weight is 479 g/mol. The monoisotopic (exact) mass is 478 g/mol. The van der Waals surface area contributed by atoms with Crippen LogP contribution in [-0.4, -0.2) is 36.1 Å². The van der Waals surface area contributed by atoms with Gasteiger partial charge in [-0.2, -0.15) is 4.98 Å². The summed E-state index contributed by atoms with van der Waals surface area (Å²) in [4.78, 5) is 42.2. The molecule has 0 aliphatic heterocycles.